The number of hydrogen-bond donors (Lipinski definition) is 1. The summed E-state index contributed by atoms with van der Waals surface area (Å²) < 4.78 is 19.3. The molecule has 0 aliphatic carbocycles. The first kappa shape index (κ1) is 14.8. The van der Waals surface area contributed by atoms with E-state index in [0.29, 0.717) is 18.0 Å². The number of aromatic nitrogens is 1. The van der Waals surface area contributed by atoms with Crippen LogP contribution in [0, 0.1) is 5.82 Å². The maximum atomic E-state index is 13.0. The maximum Gasteiger partial charge on any atom is 0.251 e. The van der Waals surface area contributed by atoms with Crippen molar-refractivity contribution in [1.29, 1.82) is 0 Å². The van der Waals surface area contributed by atoms with Gasteiger partial charge in [0, 0.05) is 18.0 Å². The maximum absolute atomic E-state index is 13.0. The Kier molecular flexibility index (Phi) is 4.71. The molecule has 21 heavy (non-hydrogen) atoms. The Morgan fingerprint density at radius 3 is 2.62 bits per heavy atom. The molecule has 1 amide bonds. The standard InChI is InChI=1S/C15H15FN2O3/c1-2-21-13-6-4-12(5-7-13)17-14(19)10-18-9-11(16)3-8-15(18)20/h3-9H,2,10H2,1H3,(H,17,19). The van der Waals surface area contributed by atoms with E-state index in [1.54, 1.807) is 24.3 Å². The predicted molar refractivity (Wildman–Crippen MR) is 76.9 cm³/mol. The number of pyridine rings is 1. The summed E-state index contributed by atoms with van der Waals surface area (Å²) in [7, 11) is 0. The van der Waals surface area contributed by atoms with Gasteiger partial charge >= 0.3 is 0 Å². The molecule has 0 unspecified atom stereocenters. The van der Waals surface area contributed by atoms with Gasteiger partial charge in [-0.15, -0.1) is 0 Å². The molecule has 5 nitrogen and oxygen atoms in total. The number of amides is 1. The summed E-state index contributed by atoms with van der Waals surface area (Å²) in [6, 6.07) is 8.98. The van der Waals surface area contributed by atoms with Crippen LogP contribution in [0.1, 0.15) is 6.92 Å². The molecule has 0 saturated carbocycles. The molecule has 1 aromatic heterocycles. The molecule has 1 aromatic carbocycles. The van der Waals surface area contributed by atoms with Gasteiger partial charge in [0.2, 0.25) is 5.91 Å². The van der Waals surface area contributed by atoms with E-state index in [4.69, 9.17) is 4.74 Å². The molecule has 0 saturated heterocycles. The summed E-state index contributed by atoms with van der Waals surface area (Å²) in [5.41, 5.74) is 0.145. The lowest BCUT2D eigenvalue weighted by Crippen LogP contribution is -2.27. The van der Waals surface area contributed by atoms with Crippen LogP contribution in [-0.4, -0.2) is 17.1 Å². The van der Waals surface area contributed by atoms with Crippen LogP contribution in [0.2, 0.25) is 0 Å². The van der Waals surface area contributed by atoms with E-state index in [2.05, 4.69) is 5.32 Å². The third-order valence-corrected chi connectivity index (χ3v) is 2.71. The van der Waals surface area contributed by atoms with Gasteiger partial charge in [0.15, 0.2) is 0 Å². The number of benzene rings is 1. The molecule has 0 aliphatic rings. The molecule has 0 fully saturated rings. The molecular formula is C15H15FN2O3. The molecule has 0 aliphatic heterocycles. The van der Waals surface area contributed by atoms with Crippen molar-refractivity contribution in [1.82, 2.24) is 4.57 Å². The highest BCUT2D eigenvalue weighted by Crippen LogP contribution is 2.15. The molecule has 0 atom stereocenters. The molecule has 6 heteroatoms. The predicted octanol–water partition coefficient (Wildman–Crippen LogP) is 2.02. The van der Waals surface area contributed by atoms with E-state index in [1.165, 1.54) is 0 Å². The number of hydrogen-bond acceptors (Lipinski definition) is 3. The molecule has 1 heterocycles. The van der Waals surface area contributed by atoms with Crippen LogP contribution in [-0.2, 0) is 11.3 Å². The fourth-order valence-electron chi connectivity index (χ4n) is 1.78. The Balaban J connectivity index is 2.01. The first-order valence-electron chi connectivity index (χ1n) is 6.47. The monoisotopic (exact) mass is 290 g/mol. The minimum Gasteiger partial charge on any atom is -0.494 e. The van der Waals surface area contributed by atoms with E-state index in [1.807, 2.05) is 6.92 Å². The Bertz CT molecular complexity index is 680. The number of carbonyl (C=O) groups excluding carboxylic acids is 1. The van der Waals surface area contributed by atoms with Crippen molar-refractivity contribution >= 4 is 11.6 Å². The quantitative estimate of drug-likeness (QED) is 0.916. The zero-order chi connectivity index (χ0) is 15.2. The van der Waals surface area contributed by atoms with Gasteiger partial charge in [-0.3, -0.25) is 9.59 Å². The Morgan fingerprint density at radius 1 is 1.24 bits per heavy atom. The topological polar surface area (TPSA) is 60.3 Å². The second-order valence-corrected chi connectivity index (χ2v) is 4.32. The van der Waals surface area contributed by atoms with Crippen molar-refractivity contribution in [3.05, 3.63) is 58.8 Å². The fourth-order valence-corrected chi connectivity index (χ4v) is 1.78. The Hall–Kier alpha value is -2.63. The molecular weight excluding hydrogens is 275 g/mol. The van der Waals surface area contributed by atoms with Crippen molar-refractivity contribution in [3.8, 4) is 5.75 Å². The first-order chi connectivity index (χ1) is 10.1. The second kappa shape index (κ2) is 6.69. The van der Waals surface area contributed by atoms with Gasteiger partial charge in [0.25, 0.3) is 5.56 Å². The smallest absolute Gasteiger partial charge is 0.251 e. The van der Waals surface area contributed by atoms with E-state index >= 15 is 0 Å². The largest absolute Gasteiger partial charge is 0.494 e. The average Bonchev–Trinajstić information content (AvgIpc) is 2.45. The molecule has 2 aromatic rings. The number of nitrogens with zero attached hydrogens (tertiary/aromatic N) is 1. The van der Waals surface area contributed by atoms with Gasteiger partial charge in [-0.25, -0.2) is 4.39 Å². The molecule has 1 N–H and O–H groups in total. The third-order valence-electron chi connectivity index (χ3n) is 2.71. The SMILES string of the molecule is CCOc1ccc(NC(=O)Cn2cc(F)ccc2=O)cc1. The minimum absolute atomic E-state index is 0.246. The molecule has 0 bridgehead atoms. The van der Waals surface area contributed by atoms with Crippen molar-refractivity contribution in [2.24, 2.45) is 0 Å². The van der Waals surface area contributed by atoms with Crippen molar-refractivity contribution in [2.75, 3.05) is 11.9 Å². The van der Waals surface area contributed by atoms with Gasteiger partial charge in [0.1, 0.15) is 18.1 Å². The fraction of sp³-hybridized carbons (Fsp3) is 0.200. The van der Waals surface area contributed by atoms with Crippen molar-refractivity contribution < 1.29 is 13.9 Å². The third kappa shape index (κ3) is 4.17. The zero-order valence-corrected chi connectivity index (χ0v) is 11.5. The number of anilines is 1. The molecule has 2 rings (SSSR count). The Labute approximate surface area is 121 Å². The van der Waals surface area contributed by atoms with Crippen LogP contribution in [0.15, 0.2) is 47.4 Å². The van der Waals surface area contributed by atoms with Gasteiger partial charge in [0.05, 0.1) is 6.61 Å². The van der Waals surface area contributed by atoms with Crippen molar-refractivity contribution in [3.63, 3.8) is 0 Å². The zero-order valence-electron chi connectivity index (χ0n) is 11.5. The normalized spacial score (nSPS) is 10.2. The molecule has 110 valence electrons. The van der Waals surface area contributed by atoms with E-state index in [9.17, 15) is 14.0 Å². The number of ether oxygens (including phenoxy) is 1. The lowest BCUT2D eigenvalue weighted by atomic mass is 10.3. The number of nitrogens with one attached hydrogen (secondary N) is 1. The summed E-state index contributed by atoms with van der Waals surface area (Å²) in [6.07, 6.45) is 1.00. The van der Waals surface area contributed by atoms with Crippen LogP contribution in [0.25, 0.3) is 0 Å². The Morgan fingerprint density at radius 2 is 1.95 bits per heavy atom. The van der Waals surface area contributed by atoms with E-state index in [0.717, 1.165) is 22.9 Å². The lowest BCUT2D eigenvalue weighted by molar-refractivity contribution is -0.116. The summed E-state index contributed by atoms with van der Waals surface area (Å²) in [5.74, 6) is -0.271. The van der Waals surface area contributed by atoms with E-state index < -0.39 is 17.3 Å². The van der Waals surface area contributed by atoms with Gasteiger partial charge in [-0.1, -0.05) is 0 Å². The highest BCUT2D eigenvalue weighted by Gasteiger charge is 2.06. The van der Waals surface area contributed by atoms with Crippen molar-refractivity contribution in [2.45, 2.75) is 13.5 Å². The summed E-state index contributed by atoms with van der Waals surface area (Å²) in [5, 5.41) is 2.63. The van der Waals surface area contributed by atoms with Crippen LogP contribution < -0.4 is 15.6 Å². The van der Waals surface area contributed by atoms with Crippen LogP contribution in [0.3, 0.4) is 0 Å². The summed E-state index contributed by atoms with van der Waals surface area (Å²) in [4.78, 5) is 23.3. The summed E-state index contributed by atoms with van der Waals surface area (Å²) in [6.45, 7) is 2.20. The highest BCUT2D eigenvalue weighted by molar-refractivity contribution is 5.90. The van der Waals surface area contributed by atoms with Gasteiger partial charge < -0.3 is 14.6 Å². The van der Waals surface area contributed by atoms with Crippen LogP contribution in [0.5, 0.6) is 5.75 Å². The van der Waals surface area contributed by atoms with Crippen LogP contribution >= 0.6 is 0 Å². The number of rotatable bonds is 5. The number of halogens is 1. The average molecular weight is 290 g/mol. The van der Waals surface area contributed by atoms with E-state index in [-0.39, 0.29) is 6.54 Å². The first-order valence-corrected chi connectivity index (χ1v) is 6.47. The van der Waals surface area contributed by atoms with Gasteiger partial charge in [-0.2, -0.15) is 0 Å². The second-order valence-electron chi connectivity index (χ2n) is 4.32. The molecule has 0 spiro atoms. The highest BCUT2D eigenvalue weighted by atomic mass is 19.1. The minimum atomic E-state index is -0.566. The van der Waals surface area contributed by atoms with Gasteiger partial charge in [-0.05, 0) is 37.3 Å². The van der Waals surface area contributed by atoms with Crippen LogP contribution in [0.4, 0.5) is 10.1 Å². The summed E-state index contributed by atoms with van der Waals surface area (Å²) >= 11 is 0. The molecule has 0 radical (unpaired) electrons. The lowest BCUT2D eigenvalue weighted by Gasteiger charge is -2.08. The number of carbonyl (C=O) groups is 1.